The monoisotopic (exact) mass is 102 g/mol. The van der Waals surface area contributed by atoms with Crippen molar-refractivity contribution in [2.75, 3.05) is 0 Å². The van der Waals surface area contributed by atoms with Crippen molar-refractivity contribution >= 4 is 6.21 Å². The van der Waals surface area contributed by atoms with Gasteiger partial charge in [0.15, 0.2) is 0 Å². The minimum Gasteiger partial charge on any atom is -0.418 e. The SMILES string of the molecule is [CH2+]CC/C=[N+](\[O-])O. The maximum atomic E-state index is 9.59. The molecule has 0 heterocycles. The van der Waals surface area contributed by atoms with Crippen LogP contribution in [0.3, 0.4) is 0 Å². The molecule has 0 saturated carbocycles. The third-order valence-corrected chi connectivity index (χ3v) is 0.489. The second kappa shape index (κ2) is 3.33. The van der Waals surface area contributed by atoms with E-state index in [4.69, 9.17) is 5.21 Å². The fourth-order valence-electron chi connectivity index (χ4n) is 0.202. The summed E-state index contributed by atoms with van der Waals surface area (Å²) < 4.78 is 0. The quantitative estimate of drug-likeness (QED) is 0.182. The lowest BCUT2D eigenvalue weighted by Crippen LogP contribution is -1.95. The molecule has 3 heteroatoms. The van der Waals surface area contributed by atoms with E-state index in [2.05, 4.69) is 6.92 Å². The van der Waals surface area contributed by atoms with Gasteiger partial charge in [-0.15, -0.1) is 0 Å². The molecule has 0 aliphatic heterocycles. The zero-order chi connectivity index (χ0) is 5.70. The van der Waals surface area contributed by atoms with E-state index in [0.717, 1.165) is 6.21 Å². The van der Waals surface area contributed by atoms with E-state index in [-0.39, 0.29) is 4.90 Å². The molecule has 3 nitrogen and oxygen atoms in total. The van der Waals surface area contributed by atoms with Crippen LogP contribution in [0.25, 0.3) is 0 Å². The van der Waals surface area contributed by atoms with Gasteiger partial charge in [-0.2, -0.15) is 0 Å². The van der Waals surface area contributed by atoms with Gasteiger partial charge in [-0.3, -0.25) is 5.21 Å². The average molecular weight is 102 g/mol. The van der Waals surface area contributed by atoms with Gasteiger partial charge in [0, 0.05) is 4.90 Å². The second-order valence-corrected chi connectivity index (χ2v) is 1.13. The lowest BCUT2D eigenvalue weighted by Gasteiger charge is -1.79. The predicted molar refractivity (Wildman–Crippen MR) is 26.1 cm³/mol. The van der Waals surface area contributed by atoms with Crippen molar-refractivity contribution in [3.8, 4) is 0 Å². The number of hydrogen-bond acceptors (Lipinski definition) is 2. The Balaban J connectivity index is 3.08. The fourth-order valence-corrected chi connectivity index (χ4v) is 0.202. The van der Waals surface area contributed by atoms with Crippen LogP contribution in [0.4, 0.5) is 0 Å². The third kappa shape index (κ3) is 5.14. The Morgan fingerprint density at radius 3 is 2.57 bits per heavy atom. The summed E-state index contributed by atoms with van der Waals surface area (Å²) >= 11 is 0. The van der Waals surface area contributed by atoms with Crippen molar-refractivity contribution in [1.82, 2.24) is 0 Å². The van der Waals surface area contributed by atoms with Gasteiger partial charge in [0.1, 0.15) is 0 Å². The van der Waals surface area contributed by atoms with Gasteiger partial charge in [-0.05, 0) is 0 Å². The van der Waals surface area contributed by atoms with Gasteiger partial charge in [0.05, 0.1) is 19.8 Å². The first-order valence-electron chi connectivity index (χ1n) is 2.05. The number of rotatable bonds is 2. The van der Waals surface area contributed by atoms with Crippen LogP contribution < -0.4 is 0 Å². The van der Waals surface area contributed by atoms with Gasteiger partial charge >= 0.3 is 0 Å². The van der Waals surface area contributed by atoms with E-state index in [0.29, 0.717) is 12.8 Å². The highest BCUT2D eigenvalue weighted by Crippen LogP contribution is 1.77. The maximum absolute atomic E-state index is 9.59. The van der Waals surface area contributed by atoms with Crippen molar-refractivity contribution in [2.24, 2.45) is 0 Å². The van der Waals surface area contributed by atoms with Crippen molar-refractivity contribution in [3.63, 3.8) is 0 Å². The van der Waals surface area contributed by atoms with Gasteiger partial charge in [-0.25, -0.2) is 0 Å². The molecule has 40 valence electrons. The lowest BCUT2D eigenvalue weighted by atomic mass is 10.4. The molecule has 0 aromatic carbocycles. The van der Waals surface area contributed by atoms with Crippen LogP contribution >= 0.6 is 0 Å². The molecule has 0 radical (unpaired) electrons. The molecule has 0 unspecified atom stereocenters. The van der Waals surface area contributed by atoms with Crippen LogP contribution in [0.2, 0.25) is 0 Å². The summed E-state index contributed by atoms with van der Waals surface area (Å²) in [5, 5.41) is 17.5. The highest BCUT2D eigenvalue weighted by Gasteiger charge is 1.85. The van der Waals surface area contributed by atoms with Crippen LogP contribution in [0.5, 0.6) is 0 Å². The Morgan fingerprint density at radius 2 is 2.43 bits per heavy atom. The highest BCUT2D eigenvalue weighted by atomic mass is 16.8. The summed E-state index contributed by atoms with van der Waals surface area (Å²) in [7, 11) is 0. The first kappa shape index (κ1) is 6.14. The molecular weight excluding hydrogens is 94.0 g/mol. The molecular formula is C4H8NO2+. The summed E-state index contributed by atoms with van der Waals surface area (Å²) in [5.74, 6) is 0. The average Bonchev–Trinajstić information content (AvgIpc) is 1.61. The summed E-state index contributed by atoms with van der Waals surface area (Å²) in [6.07, 6.45) is 2.28. The van der Waals surface area contributed by atoms with E-state index in [1.807, 2.05) is 0 Å². The molecule has 0 atom stereocenters. The smallest absolute Gasteiger partial charge is 0.214 e. The Morgan fingerprint density at radius 1 is 1.86 bits per heavy atom. The molecule has 0 spiro atoms. The van der Waals surface area contributed by atoms with Gasteiger partial charge in [0.2, 0.25) is 6.21 Å². The van der Waals surface area contributed by atoms with E-state index < -0.39 is 0 Å². The molecule has 0 rings (SSSR count). The van der Waals surface area contributed by atoms with Crippen molar-refractivity contribution in [1.29, 1.82) is 0 Å². The standard InChI is InChI=1S/C4H8NO2/c1-2-3-4-5(6)7/h4H,1-3H2,(H,6,7)/q+1. The van der Waals surface area contributed by atoms with E-state index in [1.165, 1.54) is 0 Å². The minimum absolute atomic E-state index is 0.203. The summed E-state index contributed by atoms with van der Waals surface area (Å²) in [6, 6.07) is 0. The topological polar surface area (TPSA) is 46.3 Å². The normalized spacial score (nSPS) is 11.7. The van der Waals surface area contributed by atoms with Crippen LogP contribution in [0.1, 0.15) is 12.8 Å². The Labute approximate surface area is 42.4 Å². The van der Waals surface area contributed by atoms with Crippen molar-refractivity contribution in [2.45, 2.75) is 12.8 Å². The Kier molecular flexibility index (Phi) is 2.92. The molecule has 0 saturated heterocycles. The Hall–Kier alpha value is -0.860. The van der Waals surface area contributed by atoms with Crippen LogP contribution in [0, 0.1) is 12.1 Å². The fraction of sp³-hybridized carbons (Fsp3) is 0.500. The van der Waals surface area contributed by atoms with Gasteiger partial charge in [-0.1, -0.05) is 0 Å². The van der Waals surface area contributed by atoms with E-state index >= 15 is 0 Å². The highest BCUT2D eigenvalue weighted by molar-refractivity contribution is 5.50. The van der Waals surface area contributed by atoms with Crippen molar-refractivity contribution in [3.05, 3.63) is 12.1 Å². The van der Waals surface area contributed by atoms with Gasteiger partial charge in [0.25, 0.3) is 0 Å². The molecule has 0 aliphatic carbocycles. The first-order valence-corrected chi connectivity index (χ1v) is 2.05. The molecule has 0 aromatic heterocycles. The number of unbranched alkanes of at least 4 members (excludes halogenated alkanes) is 1. The summed E-state index contributed by atoms with van der Waals surface area (Å²) in [6.45, 7) is 3.45. The number of hydrogen-bond donors (Lipinski definition) is 1. The van der Waals surface area contributed by atoms with Crippen LogP contribution in [0.15, 0.2) is 0 Å². The zero-order valence-corrected chi connectivity index (χ0v) is 4.00. The van der Waals surface area contributed by atoms with Gasteiger partial charge < -0.3 is 5.21 Å². The largest absolute Gasteiger partial charge is 0.418 e. The molecule has 0 aromatic rings. The molecule has 7 heavy (non-hydrogen) atoms. The molecule has 0 bridgehead atoms. The minimum atomic E-state index is -0.203. The van der Waals surface area contributed by atoms with Crippen LogP contribution in [-0.4, -0.2) is 16.3 Å². The third-order valence-electron chi connectivity index (χ3n) is 0.489. The molecule has 1 N–H and O–H groups in total. The molecule has 0 aliphatic rings. The lowest BCUT2D eigenvalue weighted by molar-refractivity contribution is -0.723. The van der Waals surface area contributed by atoms with Crippen molar-refractivity contribution < 1.29 is 10.1 Å². The molecule has 0 amide bonds. The summed E-state index contributed by atoms with van der Waals surface area (Å²) in [4.78, 5) is -0.203. The van der Waals surface area contributed by atoms with Crippen LogP contribution in [-0.2, 0) is 0 Å². The Bertz CT molecular complexity index is 66.1. The van der Waals surface area contributed by atoms with E-state index in [9.17, 15) is 5.21 Å². The first-order chi connectivity index (χ1) is 3.27. The predicted octanol–water partition coefficient (Wildman–Crippen LogP) is 0.571. The molecule has 0 fully saturated rings. The number of nitrogens with zero attached hydrogens (tertiary/aromatic N) is 1. The summed E-state index contributed by atoms with van der Waals surface area (Å²) in [5.41, 5.74) is 0. The second-order valence-electron chi connectivity index (χ2n) is 1.13. The van der Waals surface area contributed by atoms with E-state index in [1.54, 1.807) is 0 Å². The zero-order valence-electron chi connectivity index (χ0n) is 4.00. The maximum Gasteiger partial charge on any atom is 0.214 e.